The van der Waals surface area contributed by atoms with Crippen molar-refractivity contribution in [2.45, 2.75) is 32.0 Å². The summed E-state index contributed by atoms with van der Waals surface area (Å²) in [4.78, 5) is 16.5. The second kappa shape index (κ2) is 5.93. The molecule has 5 heteroatoms. The van der Waals surface area contributed by atoms with Crippen LogP contribution in [0.4, 0.5) is 5.69 Å². The number of amides is 1. The molecule has 0 radical (unpaired) electrons. The van der Waals surface area contributed by atoms with Crippen LogP contribution in [-0.2, 0) is 11.3 Å². The summed E-state index contributed by atoms with van der Waals surface area (Å²) >= 11 is 1.79. The molecule has 1 aromatic carbocycles. The van der Waals surface area contributed by atoms with Crippen LogP contribution in [0.25, 0.3) is 11.3 Å². The lowest BCUT2D eigenvalue weighted by molar-refractivity contribution is -0.116. The number of benzene rings is 1. The van der Waals surface area contributed by atoms with Crippen molar-refractivity contribution >= 4 is 23.4 Å². The number of nitrogens with zero attached hydrogens (tertiary/aromatic N) is 2. The van der Waals surface area contributed by atoms with Gasteiger partial charge in [0.05, 0.1) is 5.69 Å². The molecule has 1 N–H and O–H groups in total. The van der Waals surface area contributed by atoms with Crippen LogP contribution in [0.3, 0.4) is 0 Å². The van der Waals surface area contributed by atoms with Crippen LogP contribution in [-0.4, -0.2) is 21.2 Å². The van der Waals surface area contributed by atoms with Crippen LogP contribution in [0.2, 0.25) is 0 Å². The number of thioether (sulfide) groups is 1. The third kappa shape index (κ3) is 3.29. The average molecular weight is 301 g/mol. The van der Waals surface area contributed by atoms with E-state index >= 15 is 0 Å². The van der Waals surface area contributed by atoms with E-state index in [9.17, 15) is 4.79 Å². The molecule has 0 spiro atoms. The van der Waals surface area contributed by atoms with Crippen LogP contribution in [0.15, 0.2) is 35.6 Å². The SMILES string of the molecule is CC(C)CC(=O)Nc1cccc(-c2cn3c(n2)SCC3)c1. The van der Waals surface area contributed by atoms with Crippen molar-refractivity contribution in [1.82, 2.24) is 9.55 Å². The Morgan fingerprint density at radius 2 is 2.33 bits per heavy atom. The lowest BCUT2D eigenvalue weighted by Crippen LogP contribution is -2.13. The van der Waals surface area contributed by atoms with Crippen molar-refractivity contribution in [2.75, 3.05) is 11.1 Å². The van der Waals surface area contributed by atoms with Crippen molar-refractivity contribution in [1.29, 1.82) is 0 Å². The van der Waals surface area contributed by atoms with Crippen molar-refractivity contribution in [3.63, 3.8) is 0 Å². The van der Waals surface area contributed by atoms with Crippen molar-refractivity contribution < 1.29 is 4.79 Å². The molecule has 1 amide bonds. The van der Waals surface area contributed by atoms with Gasteiger partial charge in [-0.25, -0.2) is 4.98 Å². The Balaban J connectivity index is 1.78. The lowest BCUT2D eigenvalue weighted by atomic mass is 10.1. The third-order valence-electron chi connectivity index (χ3n) is 3.34. The summed E-state index contributed by atoms with van der Waals surface area (Å²) in [7, 11) is 0. The van der Waals surface area contributed by atoms with E-state index in [4.69, 9.17) is 0 Å². The van der Waals surface area contributed by atoms with Gasteiger partial charge in [-0.2, -0.15) is 0 Å². The number of hydrogen-bond acceptors (Lipinski definition) is 3. The molecule has 0 unspecified atom stereocenters. The van der Waals surface area contributed by atoms with Crippen LogP contribution in [0.1, 0.15) is 20.3 Å². The number of nitrogens with one attached hydrogen (secondary N) is 1. The zero-order chi connectivity index (χ0) is 14.8. The standard InChI is InChI=1S/C16H19N3OS/c1-11(2)8-15(20)17-13-5-3-4-12(9-13)14-10-19-6-7-21-16(19)18-14/h3-5,9-11H,6-8H2,1-2H3,(H,17,20). The Bertz CT molecular complexity index is 642. The predicted molar refractivity (Wildman–Crippen MR) is 86.5 cm³/mol. The topological polar surface area (TPSA) is 46.9 Å². The van der Waals surface area contributed by atoms with Crippen molar-refractivity contribution in [3.8, 4) is 11.3 Å². The number of carbonyl (C=O) groups is 1. The number of rotatable bonds is 4. The van der Waals surface area contributed by atoms with Crippen molar-refractivity contribution in [3.05, 3.63) is 30.5 Å². The predicted octanol–water partition coefficient (Wildman–Crippen LogP) is 3.64. The fraction of sp³-hybridized carbons (Fsp3) is 0.375. The first-order valence-corrected chi connectivity index (χ1v) is 8.20. The van der Waals surface area contributed by atoms with Gasteiger partial charge < -0.3 is 9.88 Å². The summed E-state index contributed by atoms with van der Waals surface area (Å²) in [6.45, 7) is 5.11. The van der Waals surface area contributed by atoms with E-state index in [-0.39, 0.29) is 5.91 Å². The minimum atomic E-state index is 0.0602. The number of anilines is 1. The Morgan fingerprint density at radius 3 is 3.10 bits per heavy atom. The molecular weight excluding hydrogens is 282 g/mol. The Labute approximate surface area is 129 Å². The lowest BCUT2D eigenvalue weighted by Gasteiger charge is -2.08. The summed E-state index contributed by atoms with van der Waals surface area (Å²) in [5.74, 6) is 1.53. The highest BCUT2D eigenvalue weighted by molar-refractivity contribution is 7.99. The van der Waals surface area contributed by atoms with Crippen molar-refractivity contribution in [2.24, 2.45) is 5.92 Å². The minimum absolute atomic E-state index is 0.0602. The Morgan fingerprint density at radius 1 is 1.48 bits per heavy atom. The number of carbonyl (C=O) groups excluding carboxylic acids is 1. The molecule has 1 aliphatic rings. The van der Waals surface area contributed by atoms with Crippen LogP contribution < -0.4 is 5.32 Å². The van der Waals surface area contributed by atoms with E-state index < -0.39 is 0 Å². The Kier molecular flexibility index (Phi) is 4.01. The molecule has 2 heterocycles. The fourth-order valence-electron chi connectivity index (χ4n) is 2.39. The molecule has 21 heavy (non-hydrogen) atoms. The summed E-state index contributed by atoms with van der Waals surface area (Å²) in [6.07, 6.45) is 2.63. The smallest absolute Gasteiger partial charge is 0.224 e. The summed E-state index contributed by atoms with van der Waals surface area (Å²) in [6, 6.07) is 7.89. The number of aryl methyl sites for hydroxylation is 1. The minimum Gasteiger partial charge on any atom is -0.326 e. The van der Waals surface area contributed by atoms with E-state index in [1.165, 1.54) is 0 Å². The van der Waals surface area contributed by atoms with Gasteiger partial charge in [0, 0.05) is 36.2 Å². The van der Waals surface area contributed by atoms with Gasteiger partial charge in [-0.05, 0) is 18.1 Å². The zero-order valence-electron chi connectivity index (χ0n) is 12.3. The van der Waals surface area contributed by atoms with Gasteiger partial charge in [0.15, 0.2) is 5.16 Å². The van der Waals surface area contributed by atoms with E-state index in [1.54, 1.807) is 11.8 Å². The largest absolute Gasteiger partial charge is 0.326 e. The Hall–Kier alpha value is -1.75. The van der Waals surface area contributed by atoms with Gasteiger partial charge >= 0.3 is 0 Å². The molecule has 1 aliphatic heterocycles. The normalized spacial score (nSPS) is 13.5. The third-order valence-corrected chi connectivity index (χ3v) is 4.31. The molecule has 110 valence electrons. The molecule has 0 fully saturated rings. The van der Waals surface area contributed by atoms with Gasteiger partial charge in [0.25, 0.3) is 0 Å². The van der Waals surface area contributed by atoms with Gasteiger partial charge in [-0.15, -0.1) is 0 Å². The van der Waals surface area contributed by atoms with E-state index in [2.05, 4.69) is 21.1 Å². The first-order valence-electron chi connectivity index (χ1n) is 7.22. The molecule has 0 bridgehead atoms. The van der Waals surface area contributed by atoms with E-state index in [0.29, 0.717) is 12.3 Å². The molecule has 0 saturated carbocycles. The second-order valence-electron chi connectivity index (χ2n) is 5.68. The quantitative estimate of drug-likeness (QED) is 0.938. The summed E-state index contributed by atoms with van der Waals surface area (Å²) in [5.41, 5.74) is 2.84. The van der Waals surface area contributed by atoms with Crippen LogP contribution in [0.5, 0.6) is 0 Å². The summed E-state index contributed by atoms with van der Waals surface area (Å²) < 4.78 is 2.18. The maximum Gasteiger partial charge on any atom is 0.224 e. The number of hydrogen-bond donors (Lipinski definition) is 1. The molecule has 0 aliphatic carbocycles. The molecule has 2 aromatic rings. The maximum atomic E-state index is 11.9. The molecule has 0 saturated heterocycles. The van der Waals surface area contributed by atoms with Gasteiger partial charge in [-0.3, -0.25) is 4.79 Å². The van der Waals surface area contributed by atoms with Gasteiger partial charge in [0.1, 0.15) is 0 Å². The number of aromatic nitrogens is 2. The number of imidazole rings is 1. The molecule has 0 atom stereocenters. The average Bonchev–Trinajstić information content (AvgIpc) is 2.98. The first-order chi connectivity index (χ1) is 10.1. The first kappa shape index (κ1) is 14.2. The highest BCUT2D eigenvalue weighted by Crippen LogP contribution is 2.29. The fourth-order valence-corrected chi connectivity index (χ4v) is 3.33. The van der Waals surface area contributed by atoms with E-state index in [1.807, 2.05) is 38.1 Å². The van der Waals surface area contributed by atoms with Crippen LogP contribution >= 0.6 is 11.8 Å². The monoisotopic (exact) mass is 301 g/mol. The highest BCUT2D eigenvalue weighted by Gasteiger charge is 2.15. The molecule has 1 aromatic heterocycles. The van der Waals surface area contributed by atoms with Gasteiger partial charge in [-0.1, -0.05) is 37.7 Å². The summed E-state index contributed by atoms with van der Waals surface area (Å²) in [5, 5.41) is 4.04. The van der Waals surface area contributed by atoms with E-state index in [0.717, 1.165) is 34.4 Å². The van der Waals surface area contributed by atoms with Crippen LogP contribution in [0, 0.1) is 5.92 Å². The molecule has 3 rings (SSSR count). The zero-order valence-corrected chi connectivity index (χ0v) is 13.1. The molecular formula is C16H19N3OS. The van der Waals surface area contributed by atoms with Gasteiger partial charge in [0.2, 0.25) is 5.91 Å². The molecule has 4 nitrogen and oxygen atoms in total. The highest BCUT2D eigenvalue weighted by atomic mass is 32.2. The second-order valence-corrected chi connectivity index (χ2v) is 6.74. The maximum absolute atomic E-state index is 11.9. The number of fused-ring (bicyclic) bond motifs is 1.